The number of nitrogens with two attached hydrogens (primary N) is 1. The third kappa shape index (κ3) is 2.25. The van der Waals surface area contributed by atoms with Gasteiger partial charge in [-0.25, -0.2) is 9.07 Å². The van der Waals surface area contributed by atoms with E-state index in [0.717, 1.165) is 0 Å². The van der Waals surface area contributed by atoms with Crippen LogP contribution in [0.2, 0.25) is 0 Å². The number of nitrogens with zero attached hydrogens (tertiary/aromatic N) is 5. The van der Waals surface area contributed by atoms with Gasteiger partial charge in [0.25, 0.3) is 5.95 Å². The number of hydrogen-bond donors (Lipinski definition) is 1. The van der Waals surface area contributed by atoms with Crippen molar-refractivity contribution in [2.75, 3.05) is 5.73 Å². The summed E-state index contributed by atoms with van der Waals surface area (Å²) in [6.45, 7) is 0. The molecule has 0 aliphatic heterocycles. The lowest BCUT2D eigenvalue weighted by Gasteiger charge is -2.04. The fourth-order valence-electron chi connectivity index (χ4n) is 1.60. The van der Waals surface area contributed by atoms with E-state index in [1.165, 1.54) is 16.8 Å². The molecule has 0 aliphatic rings. The highest BCUT2D eigenvalue weighted by Gasteiger charge is 2.08. The second kappa shape index (κ2) is 4.45. The van der Waals surface area contributed by atoms with Crippen LogP contribution in [-0.2, 0) is 0 Å². The quantitative estimate of drug-likeness (QED) is 0.750. The van der Waals surface area contributed by atoms with E-state index in [-0.39, 0.29) is 11.8 Å². The summed E-state index contributed by atoms with van der Waals surface area (Å²) in [5, 5.41) is 4.02. The maximum absolute atomic E-state index is 12.9. The molecule has 3 rings (SSSR count). The zero-order valence-electron chi connectivity index (χ0n) is 9.73. The highest BCUT2D eigenvalue weighted by atomic mass is 19.1. The molecule has 94 valence electrons. The second-order valence-corrected chi connectivity index (χ2v) is 3.77. The monoisotopic (exact) mass is 256 g/mol. The molecule has 3 aromatic rings. The zero-order chi connectivity index (χ0) is 13.2. The molecule has 0 amide bonds. The molecule has 0 bridgehead atoms. The van der Waals surface area contributed by atoms with Gasteiger partial charge in [-0.1, -0.05) is 0 Å². The lowest BCUT2D eigenvalue weighted by Crippen LogP contribution is -2.07. The predicted molar refractivity (Wildman–Crippen MR) is 66.8 cm³/mol. The van der Waals surface area contributed by atoms with Crippen LogP contribution in [0.4, 0.5) is 10.3 Å². The minimum absolute atomic E-state index is 0.0832. The SMILES string of the molecule is Nc1nc(-c2ccc(F)cc2)nc(-n2cccn2)n1. The predicted octanol–water partition coefficient (Wildman–Crippen LogP) is 1.45. The van der Waals surface area contributed by atoms with Crippen molar-refractivity contribution in [2.45, 2.75) is 0 Å². The number of rotatable bonds is 2. The first-order valence-electron chi connectivity index (χ1n) is 5.50. The number of aromatic nitrogens is 5. The third-order valence-electron chi connectivity index (χ3n) is 2.45. The van der Waals surface area contributed by atoms with Gasteiger partial charge in [-0.15, -0.1) is 0 Å². The Labute approximate surface area is 107 Å². The molecule has 0 fully saturated rings. The normalized spacial score (nSPS) is 10.6. The third-order valence-corrected chi connectivity index (χ3v) is 2.45. The van der Waals surface area contributed by atoms with E-state index in [1.54, 1.807) is 30.6 Å². The van der Waals surface area contributed by atoms with Gasteiger partial charge in [0.2, 0.25) is 5.95 Å². The second-order valence-electron chi connectivity index (χ2n) is 3.77. The van der Waals surface area contributed by atoms with Crippen molar-refractivity contribution in [3.05, 3.63) is 48.5 Å². The smallest absolute Gasteiger partial charge is 0.255 e. The van der Waals surface area contributed by atoms with E-state index in [2.05, 4.69) is 20.1 Å². The summed E-state index contributed by atoms with van der Waals surface area (Å²) in [4.78, 5) is 12.3. The molecule has 0 saturated heterocycles. The van der Waals surface area contributed by atoms with Crippen molar-refractivity contribution in [2.24, 2.45) is 0 Å². The fourth-order valence-corrected chi connectivity index (χ4v) is 1.60. The van der Waals surface area contributed by atoms with Gasteiger partial charge in [-0.05, 0) is 30.3 Å². The van der Waals surface area contributed by atoms with Crippen molar-refractivity contribution >= 4 is 5.95 Å². The van der Waals surface area contributed by atoms with Gasteiger partial charge in [-0.3, -0.25) is 0 Å². The molecule has 2 aromatic heterocycles. The Morgan fingerprint density at radius 2 is 1.84 bits per heavy atom. The first-order valence-corrected chi connectivity index (χ1v) is 5.50. The average Bonchev–Trinajstić information content (AvgIpc) is 2.93. The number of hydrogen-bond acceptors (Lipinski definition) is 5. The Hall–Kier alpha value is -2.83. The molecule has 0 atom stereocenters. The van der Waals surface area contributed by atoms with Crippen LogP contribution >= 0.6 is 0 Å². The molecular formula is C12H9FN6. The van der Waals surface area contributed by atoms with E-state index in [1.807, 2.05) is 0 Å². The van der Waals surface area contributed by atoms with Gasteiger partial charge in [0, 0.05) is 18.0 Å². The lowest BCUT2D eigenvalue weighted by atomic mass is 10.2. The van der Waals surface area contributed by atoms with E-state index < -0.39 is 0 Å². The fraction of sp³-hybridized carbons (Fsp3) is 0. The van der Waals surface area contributed by atoms with Crippen molar-refractivity contribution < 1.29 is 4.39 Å². The standard InChI is InChI=1S/C12H9FN6/c13-9-4-2-8(3-5-9)10-16-11(14)18-12(17-10)19-7-1-6-15-19/h1-7H,(H2,14,16,17,18). The molecular weight excluding hydrogens is 247 g/mol. The summed E-state index contributed by atoms with van der Waals surface area (Å²) in [5.41, 5.74) is 6.31. The highest BCUT2D eigenvalue weighted by molar-refractivity contribution is 5.56. The van der Waals surface area contributed by atoms with Crippen LogP contribution in [0.25, 0.3) is 17.3 Å². The number of nitrogen functional groups attached to an aromatic ring is 1. The molecule has 0 saturated carbocycles. The van der Waals surface area contributed by atoms with Crippen LogP contribution in [0.15, 0.2) is 42.7 Å². The molecule has 2 heterocycles. The summed E-state index contributed by atoms with van der Waals surface area (Å²) in [7, 11) is 0. The summed E-state index contributed by atoms with van der Waals surface area (Å²) in [6.07, 6.45) is 3.31. The van der Waals surface area contributed by atoms with Gasteiger partial charge >= 0.3 is 0 Å². The average molecular weight is 256 g/mol. The van der Waals surface area contributed by atoms with Crippen molar-refractivity contribution in [1.29, 1.82) is 0 Å². The number of anilines is 1. The highest BCUT2D eigenvalue weighted by Crippen LogP contribution is 2.16. The zero-order valence-corrected chi connectivity index (χ0v) is 9.73. The largest absolute Gasteiger partial charge is 0.368 e. The molecule has 2 N–H and O–H groups in total. The molecule has 6 nitrogen and oxygen atoms in total. The molecule has 1 aromatic carbocycles. The number of benzene rings is 1. The minimum Gasteiger partial charge on any atom is -0.368 e. The van der Waals surface area contributed by atoms with Gasteiger partial charge in [0.15, 0.2) is 5.82 Å². The summed E-state index contributed by atoms with van der Waals surface area (Å²) in [6, 6.07) is 7.58. The summed E-state index contributed by atoms with van der Waals surface area (Å²) in [5.74, 6) is 0.452. The molecule has 0 radical (unpaired) electrons. The van der Waals surface area contributed by atoms with Crippen LogP contribution in [0.5, 0.6) is 0 Å². The van der Waals surface area contributed by atoms with E-state index in [0.29, 0.717) is 17.3 Å². The Morgan fingerprint density at radius 3 is 2.53 bits per heavy atom. The Bertz CT molecular complexity index is 693. The first kappa shape index (κ1) is 11.3. The Balaban J connectivity index is 2.10. The maximum Gasteiger partial charge on any atom is 0.255 e. The molecule has 7 heteroatoms. The van der Waals surface area contributed by atoms with Gasteiger partial charge in [0.1, 0.15) is 5.82 Å². The van der Waals surface area contributed by atoms with E-state index in [9.17, 15) is 4.39 Å². The van der Waals surface area contributed by atoms with Crippen LogP contribution in [-0.4, -0.2) is 24.7 Å². The summed E-state index contributed by atoms with van der Waals surface area (Å²) < 4.78 is 14.4. The van der Waals surface area contributed by atoms with E-state index >= 15 is 0 Å². The molecule has 0 spiro atoms. The molecule has 0 aliphatic carbocycles. The maximum atomic E-state index is 12.9. The minimum atomic E-state index is -0.321. The van der Waals surface area contributed by atoms with Gasteiger partial charge in [0.05, 0.1) is 0 Å². The van der Waals surface area contributed by atoms with Gasteiger partial charge < -0.3 is 5.73 Å². The van der Waals surface area contributed by atoms with Crippen molar-refractivity contribution in [3.63, 3.8) is 0 Å². The van der Waals surface area contributed by atoms with Crippen molar-refractivity contribution in [1.82, 2.24) is 24.7 Å². The molecule has 19 heavy (non-hydrogen) atoms. The topological polar surface area (TPSA) is 82.5 Å². The first-order chi connectivity index (χ1) is 9.22. The number of halogens is 1. The summed E-state index contributed by atoms with van der Waals surface area (Å²) >= 11 is 0. The van der Waals surface area contributed by atoms with Crippen LogP contribution in [0.3, 0.4) is 0 Å². The van der Waals surface area contributed by atoms with Crippen LogP contribution in [0.1, 0.15) is 0 Å². The van der Waals surface area contributed by atoms with Gasteiger partial charge in [-0.2, -0.15) is 20.1 Å². The Morgan fingerprint density at radius 1 is 1.05 bits per heavy atom. The van der Waals surface area contributed by atoms with Crippen molar-refractivity contribution in [3.8, 4) is 17.3 Å². The molecule has 0 unspecified atom stereocenters. The van der Waals surface area contributed by atoms with Crippen LogP contribution in [0, 0.1) is 5.82 Å². The van der Waals surface area contributed by atoms with Crippen LogP contribution < -0.4 is 5.73 Å². The Kier molecular flexibility index (Phi) is 2.64. The van der Waals surface area contributed by atoms with E-state index in [4.69, 9.17) is 5.73 Å². The lowest BCUT2D eigenvalue weighted by molar-refractivity contribution is 0.628.